The first-order chi connectivity index (χ1) is 9.47. The Bertz CT molecular complexity index is 439. The van der Waals surface area contributed by atoms with E-state index in [1.54, 1.807) is 12.1 Å². The second kappa shape index (κ2) is 6.91. The van der Waals surface area contributed by atoms with Crippen molar-refractivity contribution in [3.05, 3.63) is 34.6 Å². The van der Waals surface area contributed by atoms with Crippen molar-refractivity contribution in [3.8, 4) is 0 Å². The van der Waals surface area contributed by atoms with Gasteiger partial charge in [-0.15, -0.1) is 0 Å². The Hall–Kier alpha value is -0.600. The lowest BCUT2D eigenvalue weighted by Crippen LogP contribution is -2.35. The van der Waals surface area contributed by atoms with E-state index < -0.39 is 0 Å². The number of halogens is 2. The molecule has 0 radical (unpaired) electrons. The minimum atomic E-state index is -0.194. The van der Waals surface area contributed by atoms with Gasteiger partial charge >= 0.3 is 0 Å². The Morgan fingerprint density at radius 3 is 2.40 bits per heavy atom. The third-order valence-corrected chi connectivity index (χ3v) is 5.06. The fraction of sp³-hybridized carbons (Fsp3) is 0.647. The second-order valence-electron chi connectivity index (χ2n) is 6.52. The topological polar surface area (TPSA) is 26.0 Å². The third kappa shape index (κ3) is 3.95. The summed E-state index contributed by atoms with van der Waals surface area (Å²) in [5, 5.41) is 0.581. The van der Waals surface area contributed by atoms with Gasteiger partial charge in [0.25, 0.3) is 0 Å². The van der Waals surface area contributed by atoms with Gasteiger partial charge in [0.1, 0.15) is 5.82 Å². The minimum absolute atomic E-state index is 0.0380. The van der Waals surface area contributed by atoms with E-state index in [0.717, 1.165) is 11.8 Å². The van der Waals surface area contributed by atoms with Gasteiger partial charge in [0.15, 0.2) is 0 Å². The standard InChI is InChI=1S/C17H25ClFN/c1-11(2)12-3-5-13(6-4-12)17(20)10-14-9-15(18)7-8-16(14)19/h7-9,11-13,17H,3-6,10,20H2,1-2H3. The van der Waals surface area contributed by atoms with Gasteiger partial charge in [-0.3, -0.25) is 0 Å². The lowest BCUT2D eigenvalue weighted by molar-refractivity contribution is 0.202. The summed E-state index contributed by atoms with van der Waals surface area (Å²) in [5.41, 5.74) is 6.96. The monoisotopic (exact) mass is 297 g/mol. The summed E-state index contributed by atoms with van der Waals surface area (Å²) in [4.78, 5) is 0. The van der Waals surface area contributed by atoms with Crippen molar-refractivity contribution in [1.82, 2.24) is 0 Å². The zero-order valence-corrected chi connectivity index (χ0v) is 13.2. The molecule has 0 amide bonds. The van der Waals surface area contributed by atoms with Crippen LogP contribution in [0.2, 0.25) is 5.02 Å². The van der Waals surface area contributed by atoms with Crippen LogP contribution in [0.4, 0.5) is 4.39 Å². The van der Waals surface area contributed by atoms with Crippen LogP contribution in [0.1, 0.15) is 45.1 Å². The van der Waals surface area contributed by atoms with Gasteiger partial charge in [-0.1, -0.05) is 25.4 Å². The van der Waals surface area contributed by atoms with E-state index in [9.17, 15) is 4.39 Å². The third-order valence-electron chi connectivity index (χ3n) is 4.83. The zero-order valence-electron chi connectivity index (χ0n) is 12.4. The van der Waals surface area contributed by atoms with E-state index in [1.807, 2.05) is 0 Å². The normalized spacial score (nSPS) is 24.9. The molecule has 1 aromatic rings. The van der Waals surface area contributed by atoms with E-state index in [1.165, 1.54) is 31.7 Å². The summed E-state index contributed by atoms with van der Waals surface area (Å²) < 4.78 is 13.8. The molecule has 1 nitrogen and oxygen atoms in total. The highest BCUT2D eigenvalue weighted by atomic mass is 35.5. The first kappa shape index (κ1) is 15.8. The molecule has 1 unspecified atom stereocenters. The van der Waals surface area contributed by atoms with Crippen LogP contribution in [-0.4, -0.2) is 6.04 Å². The molecule has 1 aliphatic rings. The molecule has 1 saturated carbocycles. The fourth-order valence-electron chi connectivity index (χ4n) is 3.36. The molecule has 1 aromatic carbocycles. The summed E-state index contributed by atoms with van der Waals surface area (Å²) in [5.74, 6) is 1.92. The van der Waals surface area contributed by atoms with Crippen molar-refractivity contribution < 1.29 is 4.39 Å². The summed E-state index contributed by atoms with van der Waals surface area (Å²) in [7, 11) is 0. The Labute approximate surface area is 126 Å². The van der Waals surface area contributed by atoms with Gasteiger partial charge in [-0.2, -0.15) is 0 Å². The van der Waals surface area contributed by atoms with E-state index in [4.69, 9.17) is 17.3 Å². The molecular weight excluding hydrogens is 273 g/mol. The molecule has 2 N–H and O–H groups in total. The number of rotatable bonds is 4. The summed E-state index contributed by atoms with van der Waals surface area (Å²) in [6.45, 7) is 4.60. The maximum absolute atomic E-state index is 13.8. The molecule has 20 heavy (non-hydrogen) atoms. The number of hydrogen-bond acceptors (Lipinski definition) is 1. The van der Waals surface area contributed by atoms with Crippen molar-refractivity contribution >= 4 is 11.6 Å². The SMILES string of the molecule is CC(C)C1CCC(C(N)Cc2cc(Cl)ccc2F)CC1. The van der Waals surface area contributed by atoms with Gasteiger partial charge in [-0.05, 0) is 73.6 Å². The van der Waals surface area contributed by atoms with Gasteiger partial charge in [0.05, 0.1) is 0 Å². The van der Waals surface area contributed by atoms with Gasteiger partial charge < -0.3 is 5.73 Å². The van der Waals surface area contributed by atoms with Crippen LogP contribution < -0.4 is 5.73 Å². The van der Waals surface area contributed by atoms with Crippen LogP contribution in [0.5, 0.6) is 0 Å². The molecule has 2 rings (SSSR count). The number of nitrogens with two attached hydrogens (primary N) is 1. The van der Waals surface area contributed by atoms with Crippen LogP contribution in [0, 0.1) is 23.6 Å². The molecule has 1 aliphatic carbocycles. The van der Waals surface area contributed by atoms with Crippen LogP contribution in [0.3, 0.4) is 0 Å². The summed E-state index contributed by atoms with van der Waals surface area (Å²) >= 11 is 5.93. The first-order valence-corrected chi connectivity index (χ1v) is 8.04. The van der Waals surface area contributed by atoms with E-state index in [0.29, 0.717) is 22.9 Å². The molecule has 0 bridgehead atoms. The van der Waals surface area contributed by atoms with Crippen LogP contribution in [0.15, 0.2) is 18.2 Å². The van der Waals surface area contributed by atoms with Gasteiger partial charge in [0, 0.05) is 11.1 Å². The minimum Gasteiger partial charge on any atom is -0.327 e. The van der Waals surface area contributed by atoms with Crippen LogP contribution in [0.25, 0.3) is 0 Å². The largest absolute Gasteiger partial charge is 0.327 e. The lowest BCUT2D eigenvalue weighted by Gasteiger charge is -2.34. The van der Waals surface area contributed by atoms with Crippen molar-refractivity contribution in [2.45, 2.75) is 52.0 Å². The molecule has 3 heteroatoms. The lowest BCUT2D eigenvalue weighted by atomic mass is 9.74. The molecule has 0 aliphatic heterocycles. The maximum Gasteiger partial charge on any atom is 0.126 e. The molecule has 0 aromatic heterocycles. The number of benzene rings is 1. The Morgan fingerprint density at radius 2 is 1.80 bits per heavy atom. The van der Waals surface area contributed by atoms with Crippen molar-refractivity contribution in [2.75, 3.05) is 0 Å². The van der Waals surface area contributed by atoms with Gasteiger partial charge in [0.2, 0.25) is 0 Å². The highest BCUT2D eigenvalue weighted by molar-refractivity contribution is 6.30. The Kier molecular flexibility index (Phi) is 5.45. The highest BCUT2D eigenvalue weighted by Gasteiger charge is 2.27. The quantitative estimate of drug-likeness (QED) is 0.848. The van der Waals surface area contributed by atoms with Crippen molar-refractivity contribution in [1.29, 1.82) is 0 Å². The van der Waals surface area contributed by atoms with Crippen LogP contribution in [-0.2, 0) is 6.42 Å². The van der Waals surface area contributed by atoms with Crippen LogP contribution >= 0.6 is 11.6 Å². The molecule has 1 atom stereocenters. The fourth-order valence-corrected chi connectivity index (χ4v) is 3.55. The zero-order chi connectivity index (χ0) is 14.7. The predicted molar refractivity (Wildman–Crippen MR) is 83.4 cm³/mol. The molecule has 0 saturated heterocycles. The highest BCUT2D eigenvalue weighted by Crippen LogP contribution is 2.35. The van der Waals surface area contributed by atoms with Gasteiger partial charge in [-0.25, -0.2) is 4.39 Å². The molecular formula is C17H25ClFN. The number of hydrogen-bond donors (Lipinski definition) is 1. The average Bonchev–Trinajstić information content (AvgIpc) is 2.43. The maximum atomic E-state index is 13.8. The predicted octanol–water partition coefficient (Wildman–Crippen LogP) is 4.81. The molecule has 1 fully saturated rings. The first-order valence-electron chi connectivity index (χ1n) is 7.67. The second-order valence-corrected chi connectivity index (χ2v) is 6.96. The van der Waals surface area contributed by atoms with Crippen molar-refractivity contribution in [3.63, 3.8) is 0 Å². The van der Waals surface area contributed by atoms with E-state index >= 15 is 0 Å². The van der Waals surface area contributed by atoms with E-state index in [2.05, 4.69) is 13.8 Å². The molecule has 112 valence electrons. The average molecular weight is 298 g/mol. The summed E-state index contributed by atoms with van der Waals surface area (Å²) in [6, 6.07) is 4.76. The Balaban J connectivity index is 1.92. The van der Waals surface area contributed by atoms with Crippen molar-refractivity contribution in [2.24, 2.45) is 23.5 Å². The molecule has 0 spiro atoms. The molecule has 0 heterocycles. The summed E-state index contributed by atoms with van der Waals surface area (Å²) in [6.07, 6.45) is 5.45. The van der Waals surface area contributed by atoms with E-state index in [-0.39, 0.29) is 11.9 Å². The smallest absolute Gasteiger partial charge is 0.126 e. The Morgan fingerprint density at radius 1 is 1.20 bits per heavy atom.